The number of hydrogen-bond acceptors (Lipinski definition) is 3. The van der Waals surface area contributed by atoms with Crippen LogP contribution in [-0.4, -0.2) is 11.9 Å². The molecule has 0 saturated heterocycles. The van der Waals surface area contributed by atoms with Gasteiger partial charge in [-0.05, 0) is 31.2 Å². The summed E-state index contributed by atoms with van der Waals surface area (Å²) in [6.07, 6.45) is 0.761. The van der Waals surface area contributed by atoms with Crippen LogP contribution in [0, 0.1) is 5.82 Å². The van der Waals surface area contributed by atoms with Gasteiger partial charge in [0, 0.05) is 6.42 Å². The molecule has 0 aromatic heterocycles. The number of nitrogens with two attached hydrogens (primary N) is 1. The molecule has 0 spiro atoms. The van der Waals surface area contributed by atoms with Gasteiger partial charge in [0.05, 0.1) is 11.7 Å². The van der Waals surface area contributed by atoms with E-state index in [0.717, 1.165) is 12.1 Å². The first kappa shape index (κ1) is 8.99. The summed E-state index contributed by atoms with van der Waals surface area (Å²) < 4.78 is 12.7. The number of hydrogen-bond donors (Lipinski definition) is 1. The molecule has 0 radical (unpaired) electrons. The SMILES string of the molecule is CC1CC(N)=NN1c1ccc(F)cc1. The van der Waals surface area contributed by atoms with Gasteiger partial charge in [-0.2, -0.15) is 5.10 Å². The highest BCUT2D eigenvalue weighted by Gasteiger charge is 2.21. The molecular weight excluding hydrogens is 181 g/mol. The Hall–Kier alpha value is -1.58. The van der Waals surface area contributed by atoms with E-state index < -0.39 is 0 Å². The van der Waals surface area contributed by atoms with E-state index in [-0.39, 0.29) is 11.9 Å². The van der Waals surface area contributed by atoms with Crippen LogP contribution in [0.15, 0.2) is 29.4 Å². The van der Waals surface area contributed by atoms with Crippen LogP contribution < -0.4 is 10.7 Å². The first-order chi connectivity index (χ1) is 6.66. The van der Waals surface area contributed by atoms with Crippen LogP contribution in [0.1, 0.15) is 13.3 Å². The van der Waals surface area contributed by atoms with Crippen molar-refractivity contribution in [2.75, 3.05) is 5.01 Å². The topological polar surface area (TPSA) is 41.6 Å². The normalized spacial score (nSPS) is 21.1. The summed E-state index contributed by atoms with van der Waals surface area (Å²) in [5.41, 5.74) is 6.49. The Morgan fingerprint density at radius 3 is 2.57 bits per heavy atom. The highest BCUT2D eigenvalue weighted by Crippen LogP contribution is 2.23. The highest BCUT2D eigenvalue weighted by atomic mass is 19.1. The van der Waals surface area contributed by atoms with Crippen molar-refractivity contribution >= 4 is 11.5 Å². The van der Waals surface area contributed by atoms with E-state index in [9.17, 15) is 4.39 Å². The van der Waals surface area contributed by atoms with Gasteiger partial charge in [-0.1, -0.05) is 0 Å². The van der Waals surface area contributed by atoms with Crippen LogP contribution in [0.5, 0.6) is 0 Å². The zero-order valence-corrected chi connectivity index (χ0v) is 7.94. The third-order valence-corrected chi connectivity index (χ3v) is 2.25. The number of nitrogens with zero attached hydrogens (tertiary/aromatic N) is 2. The quantitative estimate of drug-likeness (QED) is 0.737. The Bertz CT molecular complexity index is 358. The molecule has 0 amide bonds. The molecule has 1 aliphatic rings. The first-order valence-corrected chi connectivity index (χ1v) is 4.54. The fraction of sp³-hybridized carbons (Fsp3) is 0.300. The van der Waals surface area contributed by atoms with Crippen LogP contribution in [-0.2, 0) is 0 Å². The molecule has 1 atom stereocenters. The van der Waals surface area contributed by atoms with Crippen molar-refractivity contribution in [2.45, 2.75) is 19.4 Å². The largest absolute Gasteiger partial charge is 0.386 e. The standard InChI is InChI=1S/C10H12FN3/c1-7-6-10(12)13-14(7)9-4-2-8(11)3-5-9/h2-5,7H,6H2,1H3,(H2,12,13). The minimum atomic E-state index is -0.238. The third-order valence-electron chi connectivity index (χ3n) is 2.25. The van der Waals surface area contributed by atoms with Crippen molar-refractivity contribution in [3.63, 3.8) is 0 Å². The summed E-state index contributed by atoms with van der Waals surface area (Å²) in [7, 11) is 0. The van der Waals surface area contributed by atoms with Crippen LogP contribution in [0.3, 0.4) is 0 Å². The van der Waals surface area contributed by atoms with Crippen LogP contribution >= 0.6 is 0 Å². The van der Waals surface area contributed by atoms with E-state index in [1.807, 2.05) is 11.9 Å². The second kappa shape index (κ2) is 3.29. The maximum atomic E-state index is 12.7. The molecule has 14 heavy (non-hydrogen) atoms. The lowest BCUT2D eigenvalue weighted by Crippen LogP contribution is -2.22. The molecule has 1 unspecified atom stereocenters. The lowest BCUT2D eigenvalue weighted by molar-refractivity contribution is 0.626. The van der Waals surface area contributed by atoms with Gasteiger partial charge in [-0.15, -0.1) is 0 Å². The second-order valence-electron chi connectivity index (χ2n) is 3.47. The number of halogens is 1. The van der Waals surface area contributed by atoms with Gasteiger partial charge in [-0.25, -0.2) is 4.39 Å². The molecule has 4 heteroatoms. The Balaban J connectivity index is 2.27. The van der Waals surface area contributed by atoms with Gasteiger partial charge in [0.2, 0.25) is 0 Å². The average molecular weight is 193 g/mol. The number of rotatable bonds is 1. The zero-order valence-electron chi connectivity index (χ0n) is 7.94. The molecular formula is C10H12FN3. The maximum Gasteiger partial charge on any atom is 0.123 e. The Morgan fingerprint density at radius 1 is 1.43 bits per heavy atom. The van der Waals surface area contributed by atoms with Crippen LogP contribution in [0.2, 0.25) is 0 Å². The zero-order chi connectivity index (χ0) is 10.1. The number of hydrazone groups is 1. The van der Waals surface area contributed by atoms with Gasteiger partial charge in [-0.3, -0.25) is 5.01 Å². The van der Waals surface area contributed by atoms with E-state index in [0.29, 0.717) is 5.84 Å². The van der Waals surface area contributed by atoms with Gasteiger partial charge >= 0.3 is 0 Å². The van der Waals surface area contributed by atoms with E-state index in [1.165, 1.54) is 12.1 Å². The van der Waals surface area contributed by atoms with Crippen molar-refractivity contribution in [1.29, 1.82) is 0 Å². The maximum absolute atomic E-state index is 12.7. The van der Waals surface area contributed by atoms with Gasteiger partial charge in [0.15, 0.2) is 0 Å². The summed E-state index contributed by atoms with van der Waals surface area (Å²) in [4.78, 5) is 0. The second-order valence-corrected chi connectivity index (χ2v) is 3.47. The smallest absolute Gasteiger partial charge is 0.123 e. The molecule has 1 heterocycles. The molecule has 0 aliphatic carbocycles. The number of benzene rings is 1. The fourth-order valence-electron chi connectivity index (χ4n) is 1.57. The van der Waals surface area contributed by atoms with E-state index >= 15 is 0 Å². The molecule has 74 valence electrons. The monoisotopic (exact) mass is 193 g/mol. The summed E-state index contributed by atoms with van der Waals surface area (Å²) in [5.74, 6) is 0.388. The fourth-order valence-corrected chi connectivity index (χ4v) is 1.57. The number of amidine groups is 1. The average Bonchev–Trinajstić information content (AvgIpc) is 2.47. The summed E-state index contributed by atoms with van der Waals surface area (Å²) in [6, 6.07) is 6.50. The summed E-state index contributed by atoms with van der Waals surface area (Å²) in [5, 5.41) is 5.99. The van der Waals surface area contributed by atoms with Crippen molar-refractivity contribution < 1.29 is 4.39 Å². The van der Waals surface area contributed by atoms with Crippen molar-refractivity contribution in [3.8, 4) is 0 Å². The predicted octanol–water partition coefficient (Wildman–Crippen LogP) is 1.70. The van der Waals surface area contributed by atoms with Crippen molar-refractivity contribution in [2.24, 2.45) is 10.8 Å². The van der Waals surface area contributed by atoms with Crippen LogP contribution in [0.25, 0.3) is 0 Å². The minimum Gasteiger partial charge on any atom is -0.386 e. The molecule has 3 nitrogen and oxygen atoms in total. The Kier molecular flexibility index (Phi) is 2.11. The predicted molar refractivity (Wildman–Crippen MR) is 54.6 cm³/mol. The molecule has 0 bridgehead atoms. The van der Waals surface area contributed by atoms with E-state index in [2.05, 4.69) is 5.10 Å². The molecule has 1 aromatic carbocycles. The first-order valence-electron chi connectivity index (χ1n) is 4.54. The molecule has 1 aliphatic heterocycles. The lowest BCUT2D eigenvalue weighted by Gasteiger charge is -2.19. The third kappa shape index (κ3) is 1.55. The lowest BCUT2D eigenvalue weighted by atomic mass is 10.2. The molecule has 2 N–H and O–H groups in total. The number of anilines is 1. The highest BCUT2D eigenvalue weighted by molar-refractivity contribution is 5.84. The van der Waals surface area contributed by atoms with E-state index in [4.69, 9.17) is 5.73 Å². The molecule has 1 aromatic rings. The van der Waals surface area contributed by atoms with Gasteiger partial charge in [0.1, 0.15) is 11.7 Å². The molecule has 2 rings (SSSR count). The molecule has 0 fully saturated rings. The Labute approximate surface area is 82.0 Å². The summed E-state index contributed by atoms with van der Waals surface area (Å²) >= 11 is 0. The van der Waals surface area contributed by atoms with Crippen molar-refractivity contribution in [3.05, 3.63) is 30.1 Å². The van der Waals surface area contributed by atoms with Gasteiger partial charge < -0.3 is 5.73 Å². The summed E-state index contributed by atoms with van der Waals surface area (Å²) in [6.45, 7) is 2.03. The Morgan fingerprint density at radius 2 is 2.07 bits per heavy atom. The van der Waals surface area contributed by atoms with Gasteiger partial charge in [0.25, 0.3) is 0 Å². The van der Waals surface area contributed by atoms with Crippen LogP contribution in [0.4, 0.5) is 10.1 Å². The molecule has 0 saturated carbocycles. The minimum absolute atomic E-state index is 0.238. The van der Waals surface area contributed by atoms with Crippen molar-refractivity contribution in [1.82, 2.24) is 0 Å². The van der Waals surface area contributed by atoms with E-state index in [1.54, 1.807) is 12.1 Å².